The van der Waals surface area contributed by atoms with Crippen LogP contribution in [0.5, 0.6) is 0 Å². The van der Waals surface area contributed by atoms with Gasteiger partial charge in [-0.05, 0) is 24.6 Å². The predicted molar refractivity (Wildman–Crippen MR) is 120 cm³/mol. The molecule has 1 aliphatic heterocycles. The first-order valence-corrected chi connectivity index (χ1v) is 10.6. The number of carbonyl (C=O) groups is 1. The van der Waals surface area contributed by atoms with Crippen LogP contribution in [-0.2, 0) is 30.7 Å². The Morgan fingerprint density at radius 2 is 2.06 bits per heavy atom. The Balaban J connectivity index is 1.49. The number of fused-ring (bicyclic) bond motifs is 2. The van der Waals surface area contributed by atoms with Crippen LogP contribution in [0.2, 0.25) is 0 Å². The van der Waals surface area contributed by atoms with E-state index in [4.69, 9.17) is 20.4 Å². The first-order chi connectivity index (χ1) is 15.6. The zero-order chi connectivity index (χ0) is 22.1. The van der Waals surface area contributed by atoms with Crippen LogP contribution in [0.4, 0.5) is 5.82 Å². The van der Waals surface area contributed by atoms with Gasteiger partial charge in [-0.15, -0.1) is 0 Å². The predicted octanol–water partition coefficient (Wildman–Crippen LogP) is 2.89. The highest BCUT2D eigenvalue weighted by molar-refractivity contribution is 5.98. The molecule has 0 fully saturated rings. The number of primary amides is 1. The molecule has 8 heteroatoms. The van der Waals surface area contributed by atoms with Gasteiger partial charge < -0.3 is 20.2 Å². The molecule has 3 N–H and O–H groups in total. The highest BCUT2D eigenvalue weighted by Gasteiger charge is 2.23. The Labute approximate surface area is 185 Å². The van der Waals surface area contributed by atoms with E-state index in [-0.39, 0.29) is 6.10 Å². The Kier molecular flexibility index (Phi) is 5.28. The molecule has 0 saturated heterocycles. The van der Waals surface area contributed by atoms with Crippen LogP contribution in [0, 0.1) is 0 Å². The highest BCUT2D eigenvalue weighted by Crippen LogP contribution is 2.26. The Morgan fingerprint density at radius 1 is 1.22 bits per heavy atom. The Bertz CT molecular complexity index is 1280. The largest absolute Gasteiger partial charge is 0.372 e. The van der Waals surface area contributed by atoms with Crippen LogP contribution < -0.4 is 11.1 Å². The molecule has 0 aliphatic carbocycles. The number of aromatic nitrogens is 4. The van der Waals surface area contributed by atoms with Gasteiger partial charge in [0, 0.05) is 30.9 Å². The minimum absolute atomic E-state index is 0.125. The molecule has 1 aliphatic rings. The highest BCUT2D eigenvalue weighted by atomic mass is 16.5. The van der Waals surface area contributed by atoms with Crippen molar-refractivity contribution in [3.63, 3.8) is 0 Å². The van der Waals surface area contributed by atoms with E-state index < -0.39 is 5.91 Å². The number of amides is 1. The molecule has 0 saturated carbocycles. The average Bonchev–Trinajstić information content (AvgIpc) is 3.21. The second-order valence-electron chi connectivity index (χ2n) is 7.98. The van der Waals surface area contributed by atoms with Crippen LogP contribution >= 0.6 is 0 Å². The van der Waals surface area contributed by atoms with Gasteiger partial charge in [-0.1, -0.05) is 30.3 Å². The summed E-state index contributed by atoms with van der Waals surface area (Å²) in [6, 6.07) is 13.7. The fourth-order valence-corrected chi connectivity index (χ4v) is 4.04. The summed E-state index contributed by atoms with van der Waals surface area (Å²) in [4.78, 5) is 25.8. The summed E-state index contributed by atoms with van der Waals surface area (Å²) in [7, 11) is 0. The van der Waals surface area contributed by atoms with Gasteiger partial charge in [-0.25, -0.2) is 15.0 Å². The van der Waals surface area contributed by atoms with Crippen molar-refractivity contribution in [2.75, 3.05) is 5.32 Å². The summed E-state index contributed by atoms with van der Waals surface area (Å²) in [6.07, 6.45) is 4.96. The first-order valence-electron chi connectivity index (χ1n) is 10.6. The number of nitrogens with zero attached hydrogens (tertiary/aromatic N) is 4. The minimum atomic E-state index is -0.503. The molecular weight excluding hydrogens is 404 g/mol. The number of hydrogen-bond acceptors (Lipinski definition) is 6. The van der Waals surface area contributed by atoms with Gasteiger partial charge in [-0.2, -0.15) is 0 Å². The van der Waals surface area contributed by atoms with Crippen LogP contribution in [0.1, 0.15) is 45.6 Å². The van der Waals surface area contributed by atoms with Crippen LogP contribution in [0.3, 0.4) is 0 Å². The van der Waals surface area contributed by atoms with E-state index in [0.29, 0.717) is 36.6 Å². The smallest absolute Gasteiger partial charge is 0.252 e. The van der Waals surface area contributed by atoms with Gasteiger partial charge >= 0.3 is 0 Å². The average molecular weight is 428 g/mol. The van der Waals surface area contributed by atoms with Gasteiger partial charge in [0.05, 0.1) is 36.1 Å². The van der Waals surface area contributed by atoms with Crippen molar-refractivity contribution < 1.29 is 9.53 Å². The number of pyridine rings is 1. The number of benzene rings is 1. The lowest BCUT2D eigenvalue weighted by molar-refractivity contribution is 0.0383. The van der Waals surface area contributed by atoms with Crippen LogP contribution in [0.25, 0.3) is 5.65 Å². The Morgan fingerprint density at radius 3 is 2.88 bits per heavy atom. The van der Waals surface area contributed by atoms with Crippen molar-refractivity contribution in [2.24, 2.45) is 5.73 Å². The van der Waals surface area contributed by atoms with E-state index in [1.54, 1.807) is 18.3 Å². The maximum Gasteiger partial charge on any atom is 0.252 e. The molecule has 3 aromatic heterocycles. The molecule has 8 nitrogen and oxygen atoms in total. The van der Waals surface area contributed by atoms with E-state index in [0.717, 1.165) is 29.2 Å². The zero-order valence-electron chi connectivity index (χ0n) is 17.8. The third kappa shape index (κ3) is 3.92. The summed E-state index contributed by atoms with van der Waals surface area (Å²) >= 11 is 0. The molecular formula is C24H24N6O2. The quantitative estimate of drug-likeness (QED) is 0.489. The monoisotopic (exact) mass is 428 g/mol. The van der Waals surface area contributed by atoms with E-state index in [9.17, 15) is 4.79 Å². The summed E-state index contributed by atoms with van der Waals surface area (Å²) < 4.78 is 7.70. The number of nitrogens with two attached hydrogens (primary N) is 1. The molecule has 1 amide bonds. The zero-order valence-corrected chi connectivity index (χ0v) is 17.8. The van der Waals surface area contributed by atoms with Gasteiger partial charge in [0.2, 0.25) is 0 Å². The van der Waals surface area contributed by atoms with Crippen molar-refractivity contribution in [3.05, 3.63) is 88.8 Å². The lowest BCUT2D eigenvalue weighted by atomic mass is 10.0. The lowest BCUT2D eigenvalue weighted by Crippen LogP contribution is -2.23. The van der Waals surface area contributed by atoms with Crippen molar-refractivity contribution in [2.45, 2.75) is 39.0 Å². The first kappa shape index (κ1) is 20.1. The number of hydrogen-bond donors (Lipinski definition) is 2. The van der Waals surface area contributed by atoms with E-state index in [1.165, 1.54) is 5.56 Å². The minimum Gasteiger partial charge on any atom is -0.372 e. The maximum atomic E-state index is 11.7. The topological polar surface area (TPSA) is 107 Å². The van der Waals surface area contributed by atoms with Crippen molar-refractivity contribution >= 4 is 17.4 Å². The fraction of sp³-hybridized carbons (Fsp3) is 0.250. The molecule has 32 heavy (non-hydrogen) atoms. The molecule has 4 aromatic rings. The Hall–Kier alpha value is -3.78. The molecule has 5 rings (SSSR count). The lowest BCUT2D eigenvalue weighted by Gasteiger charge is -2.24. The van der Waals surface area contributed by atoms with Gasteiger partial charge in [0.25, 0.3) is 5.91 Å². The number of ether oxygens (including phenoxy) is 1. The second-order valence-corrected chi connectivity index (χ2v) is 7.98. The van der Waals surface area contributed by atoms with Gasteiger partial charge in [0.1, 0.15) is 17.3 Å². The molecule has 0 bridgehead atoms. The number of rotatable bonds is 6. The summed E-state index contributed by atoms with van der Waals surface area (Å²) in [6.45, 7) is 3.20. The summed E-state index contributed by atoms with van der Waals surface area (Å²) in [5.41, 5.74) is 10.5. The van der Waals surface area contributed by atoms with Gasteiger partial charge in [-0.3, -0.25) is 4.79 Å². The third-order valence-electron chi connectivity index (χ3n) is 5.66. The molecule has 1 unspecified atom stereocenters. The molecule has 1 atom stereocenters. The SMILES string of the molecule is CC1Cc2c(nc(Cc3cnc4c(C(N)=O)cccn34)nc2NCc2ccccc2)CO1. The molecule has 162 valence electrons. The van der Waals surface area contributed by atoms with Crippen LogP contribution in [0.15, 0.2) is 54.9 Å². The third-order valence-corrected chi connectivity index (χ3v) is 5.66. The number of imidazole rings is 1. The van der Waals surface area contributed by atoms with Crippen molar-refractivity contribution in [1.29, 1.82) is 0 Å². The number of anilines is 1. The summed E-state index contributed by atoms with van der Waals surface area (Å²) in [5.74, 6) is 1.01. The van der Waals surface area contributed by atoms with Crippen molar-refractivity contribution in [1.82, 2.24) is 19.4 Å². The summed E-state index contributed by atoms with van der Waals surface area (Å²) in [5, 5.41) is 3.50. The molecule has 1 aromatic carbocycles. The fourth-order valence-electron chi connectivity index (χ4n) is 4.04. The maximum absolute atomic E-state index is 11.7. The molecule has 0 radical (unpaired) electrons. The second kappa shape index (κ2) is 8.39. The van der Waals surface area contributed by atoms with E-state index in [2.05, 4.69) is 29.4 Å². The molecule has 0 spiro atoms. The van der Waals surface area contributed by atoms with Crippen LogP contribution in [-0.4, -0.2) is 31.4 Å². The standard InChI is InChI=1S/C24H24N6O2/c1-15-10-19-20(14-32-15)28-21(29-23(19)26-12-16-6-3-2-4-7-16)11-17-13-27-24-18(22(25)31)8-5-9-30(17)24/h2-9,13,15H,10-12,14H2,1H3,(H2,25,31)(H,26,28,29). The van der Waals surface area contributed by atoms with E-state index in [1.807, 2.05) is 28.8 Å². The molecule has 4 heterocycles. The number of nitrogens with one attached hydrogen (secondary N) is 1. The van der Waals surface area contributed by atoms with E-state index >= 15 is 0 Å². The normalized spacial score (nSPS) is 15.5. The van der Waals surface area contributed by atoms with Crippen molar-refractivity contribution in [3.8, 4) is 0 Å². The number of carbonyl (C=O) groups excluding carboxylic acids is 1. The van der Waals surface area contributed by atoms with Gasteiger partial charge in [0.15, 0.2) is 0 Å².